The highest BCUT2D eigenvalue weighted by Crippen LogP contribution is 2.31. The van der Waals surface area contributed by atoms with Gasteiger partial charge in [0.05, 0.1) is 22.0 Å². The zero-order valence-electron chi connectivity index (χ0n) is 17.8. The molecule has 4 N–H and O–H groups in total. The lowest BCUT2D eigenvalue weighted by molar-refractivity contribution is -0.137. The summed E-state index contributed by atoms with van der Waals surface area (Å²) in [5, 5.41) is 2.82. The quantitative estimate of drug-likeness (QED) is 0.542. The highest BCUT2D eigenvalue weighted by Gasteiger charge is 2.40. The Morgan fingerprint density at radius 3 is 2.12 bits per heavy atom. The van der Waals surface area contributed by atoms with Crippen LogP contribution in [0, 0.1) is 5.82 Å². The van der Waals surface area contributed by atoms with Crippen molar-refractivity contribution in [2.24, 2.45) is 5.73 Å². The number of amides is 1. The molecule has 1 saturated carbocycles. The molecule has 0 unspecified atom stereocenters. The Morgan fingerprint density at radius 2 is 1.61 bits per heavy atom. The van der Waals surface area contributed by atoms with E-state index in [1.807, 2.05) is 0 Å². The van der Waals surface area contributed by atoms with E-state index in [1.54, 1.807) is 19.1 Å². The third-order valence-corrected chi connectivity index (χ3v) is 7.40. The molecule has 0 heterocycles. The van der Waals surface area contributed by atoms with Gasteiger partial charge >= 0.3 is 6.18 Å². The first kappa shape index (κ1) is 25.1. The normalized spacial score (nSPS) is 22.5. The molecule has 0 bridgehead atoms. The molecule has 0 aliphatic heterocycles. The van der Waals surface area contributed by atoms with Gasteiger partial charge in [0.15, 0.2) is 0 Å². The van der Waals surface area contributed by atoms with E-state index < -0.39 is 39.4 Å². The lowest BCUT2D eigenvalue weighted by atomic mass is 9.79. The number of rotatable bonds is 6. The van der Waals surface area contributed by atoms with Gasteiger partial charge in [0.1, 0.15) is 5.82 Å². The summed E-state index contributed by atoms with van der Waals surface area (Å²) in [6.45, 7) is 1.75. The van der Waals surface area contributed by atoms with Gasteiger partial charge in [-0.2, -0.15) is 13.2 Å². The summed E-state index contributed by atoms with van der Waals surface area (Å²) in [6.07, 6.45) is -3.55. The van der Waals surface area contributed by atoms with Gasteiger partial charge in [-0.3, -0.25) is 4.79 Å². The number of nitrogens with two attached hydrogens (primary N) is 1. The largest absolute Gasteiger partial charge is 0.416 e. The van der Waals surface area contributed by atoms with Crippen LogP contribution in [-0.2, 0) is 21.0 Å². The van der Waals surface area contributed by atoms with Crippen molar-refractivity contribution in [2.45, 2.75) is 61.3 Å². The summed E-state index contributed by atoms with van der Waals surface area (Å²) in [7, 11) is -4.03. The molecule has 11 heteroatoms. The minimum atomic E-state index is -4.56. The maximum absolute atomic E-state index is 13.1. The third kappa shape index (κ3) is 6.10. The molecule has 0 radical (unpaired) electrons. The highest BCUT2D eigenvalue weighted by atomic mass is 32.2. The summed E-state index contributed by atoms with van der Waals surface area (Å²) >= 11 is 0. The van der Waals surface area contributed by atoms with Crippen molar-refractivity contribution in [3.05, 3.63) is 65.5 Å². The lowest BCUT2D eigenvalue weighted by Crippen LogP contribution is -2.58. The van der Waals surface area contributed by atoms with E-state index >= 15 is 0 Å². The molecule has 180 valence electrons. The summed E-state index contributed by atoms with van der Waals surface area (Å²) in [5.41, 5.74) is 4.88. The molecule has 0 aromatic heterocycles. The zero-order valence-corrected chi connectivity index (χ0v) is 18.6. The average molecular weight is 488 g/mol. The highest BCUT2D eigenvalue weighted by molar-refractivity contribution is 7.89. The number of alkyl halides is 3. The minimum Gasteiger partial charge on any atom is -0.348 e. The van der Waals surface area contributed by atoms with Gasteiger partial charge in [-0.25, -0.2) is 17.5 Å². The second kappa shape index (κ2) is 9.40. The van der Waals surface area contributed by atoms with Crippen LogP contribution in [0.25, 0.3) is 0 Å². The van der Waals surface area contributed by atoms with Gasteiger partial charge in [0, 0.05) is 6.04 Å². The Balaban J connectivity index is 1.58. The van der Waals surface area contributed by atoms with E-state index in [0.717, 1.165) is 12.1 Å². The summed E-state index contributed by atoms with van der Waals surface area (Å²) in [4.78, 5) is 12.5. The van der Waals surface area contributed by atoms with Gasteiger partial charge < -0.3 is 11.1 Å². The van der Waals surface area contributed by atoms with Crippen molar-refractivity contribution in [3.8, 4) is 0 Å². The standard InChI is InChI=1S/C22H25F4N3O3S/c1-14(15-2-6-17(23)7-3-15)28-20(30)21(27)12-10-18(11-13-21)29-33(31,32)19-8-4-16(5-9-19)22(24,25)26/h2-9,14,18,29H,10-13,27H2,1H3,(H,28,30)/t14-,18?,21?/m1/s1. The summed E-state index contributed by atoms with van der Waals surface area (Å²) in [5.74, 6) is -0.770. The van der Waals surface area contributed by atoms with Crippen molar-refractivity contribution < 1.29 is 30.8 Å². The van der Waals surface area contributed by atoms with Crippen LogP contribution in [0.3, 0.4) is 0 Å². The Bertz CT molecular complexity index is 1080. The SMILES string of the molecule is C[C@@H](NC(=O)C1(N)CCC(NS(=O)(=O)c2ccc(C(F)(F)F)cc2)CC1)c1ccc(F)cc1. The van der Waals surface area contributed by atoms with Crippen LogP contribution in [0.4, 0.5) is 17.6 Å². The maximum Gasteiger partial charge on any atom is 0.416 e. The first-order valence-electron chi connectivity index (χ1n) is 10.4. The van der Waals surface area contributed by atoms with Gasteiger partial charge in [0.25, 0.3) is 0 Å². The molecule has 0 spiro atoms. The number of benzene rings is 2. The number of halogens is 4. The fraction of sp³-hybridized carbons (Fsp3) is 0.409. The number of nitrogens with one attached hydrogen (secondary N) is 2. The predicted octanol–water partition coefficient (Wildman–Crippen LogP) is 3.64. The van der Waals surface area contributed by atoms with Crippen LogP contribution in [-0.4, -0.2) is 25.9 Å². The van der Waals surface area contributed by atoms with Gasteiger partial charge in [0.2, 0.25) is 15.9 Å². The molecule has 1 aliphatic rings. The smallest absolute Gasteiger partial charge is 0.348 e. The molecule has 1 atom stereocenters. The second-order valence-corrected chi connectivity index (χ2v) is 10.0. The predicted molar refractivity (Wildman–Crippen MR) is 114 cm³/mol. The fourth-order valence-electron chi connectivity index (χ4n) is 3.76. The van der Waals surface area contributed by atoms with Crippen molar-refractivity contribution >= 4 is 15.9 Å². The number of carbonyl (C=O) groups excluding carboxylic acids is 1. The molecule has 6 nitrogen and oxygen atoms in total. The molecule has 0 saturated heterocycles. The fourth-order valence-corrected chi connectivity index (χ4v) is 5.07. The molecule has 1 aliphatic carbocycles. The van der Waals surface area contributed by atoms with Crippen LogP contribution in [0.1, 0.15) is 49.8 Å². The maximum atomic E-state index is 13.1. The number of hydrogen-bond acceptors (Lipinski definition) is 4. The van der Waals surface area contributed by atoms with E-state index in [9.17, 15) is 30.8 Å². The number of carbonyl (C=O) groups is 1. The van der Waals surface area contributed by atoms with E-state index in [2.05, 4.69) is 10.0 Å². The van der Waals surface area contributed by atoms with Gasteiger partial charge in [-0.15, -0.1) is 0 Å². The van der Waals surface area contributed by atoms with Crippen molar-refractivity contribution in [1.29, 1.82) is 0 Å². The number of sulfonamides is 1. The Labute approximate surface area is 189 Å². The molecule has 2 aromatic rings. The van der Waals surface area contributed by atoms with Crippen LogP contribution in [0.2, 0.25) is 0 Å². The molecular formula is C22H25F4N3O3S. The Hall–Kier alpha value is -2.50. The lowest BCUT2D eigenvalue weighted by Gasteiger charge is -2.36. The molecule has 3 rings (SSSR count). The molecule has 1 fully saturated rings. The first-order valence-corrected chi connectivity index (χ1v) is 11.8. The minimum absolute atomic E-state index is 0.217. The average Bonchev–Trinajstić information content (AvgIpc) is 2.75. The van der Waals surface area contributed by atoms with Crippen molar-refractivity contribution in [3.63, 3.8) is 0 Å². The molecule has 33 heavy (non-hydrogen) atoms. The Kier molecular flexibility index (Phi) is 7.15. The van der Waals surface area contributed by atoms with Crippen molar-refractivity contribution in [2.75, 3.05) is 0 Å². The second-order valence-electron chi connectivity index (χ2n) is 8.32. The van der Waals surface area contributed by atoms with E-state index in [-0.39, 0.29) is 42.3 Å². The molecular weight excluding hydrogens is 462 g/mol. The van der Waals surface area contributed by atoms with E-state index in [1.165, 1.54) is 12.1 Å². The van der Waals surface area contributed by atoms with Crippen LogP contribution >= 0.6 is 0 Å². The third-order valence-electron chi connectivity index (χ3n) is 5.86. The van der Waals surface area contributed by atoms with Crippen LogP contribution < -0.4 is 15.8 Å². The topological polar surface area (TPSA) is 101 Å². The van der Waals surface area contributed by atoms with Gasteiger partial charge in [-0.05, 0) is 74.6 Å². The van der Waals surface area contributed by atoms with Crippen LogP contribution in [0.5, 0.6) is 0 Å². The van der Waals surface area contributed by atoms with E-state index in [4.69, 9.17) is 5.73 Å². The molecule has 1 amide bonds. The first-order chi connectivity index (χ1) is 15.3. The summed E-state index contributed by atoms with van der Waals surface area (Å²) in [6, 6.07) is 8.07. The van der Waals surface area contributed by atoms with Gasteiger partial charge in [-0.1, -0.05) is 12.1 Å². The van der Waals surface area contributed by atoms with E-state index in [0.29, 0.717) is 17.7 Å². The van der Waals surface area contributed by atoms with Crippen molar-refractivity contribution in [1.82, 2.24) is 10.0 Å². The zero-order chi connectivity index (χ0) is 24.4. The Morgan fingerprint density at radius 1 is 1.06 bits per heavy atom. The molecule has 2 aromatic carbocycles. The number of hydrogen-bond donors (Lipinski definition) is 3. The monoisotopic (exact) mass is 487 g/mol. The van der Waals surface area contributed by atoms with Crippen LogP contribution in [0.15, 0.2) is 53.4 Å². The summed E-state index contributed by atoms with van der Waals surface area (Å²) < 4.78 is 78.8.